The molecule has 1 aromatic rings. The van der Waals surface area contributed by atoms with E-state index in [-0.39, 0.29) is 41.9 Å². The van der Waals surface area contributed by atoms with Gasteiger partial charge in [0.05, 0.1) is 0 Å². The van der Waals surface area contributed by atoms with E-state index in [4.69, 9.17) is 10.8 Å². The molecule has 0 spiro atoms. The predicted octanol–water partition coefficient (Wildman–Crippen LogP) is -0.0338. The van der Waals surface area contributed by atoms with Gasteiger partial charge in [0.1, 0.15) is 0 Å². The number of rotatable bonds is 1. The van der Waals surface area contributed by atoms with Crippen LogP contribution in [0.5, 0.6) is 0 Å². The van der Waals surface area contributed by atoms with Crippen LogP contribution < -0.4 is 24.8 Å². The number of aryl methyl sites for hydroxylation is 1. The van der Waals surface area contributed by atoms with Crippen LogP contribution in [0.1, 0.15) is 40.3 Å². The number of pyridine rings is 1. The third kappa shape index (κ3) is 12.0. The standard InChI is InChI=1S/2C8H11N.C7H9N.2ClH.Fe/c2*1-6-4-3-5-7(2)8(6)9;1-2-7-5-3-4-6-8-7;;;/h2*3-6,9H,1-2H3;3-6H,2H2,1H3;2*1H;/q;;;;;+2/p-2. The predicted molar refractivity (Wildman–Crippen MR) is 113 cm³/mol. The van der Waals surface area contributed by atoms with Gasteiger partial charge in [-0.2, -0.15) is 0 Å². The average Bonchev–Trinajstić information content (AvgIpc) is 2.66. The summed E-state index contributed by atoms with van der Waals surface area (Å²) in [6.45, 7) is 10.1. The van der Waals surface area contributed by atoms with E-state index in [1.165, 1.54) is 0 Å². The molecule has 0 bridgehead atoms. The molecule has 1 aromatic heterocycles. The zero-order valence-corrected chi connectivity index (χ0v) is 20.3. The molecule has 3 nitrogen and oxygen atoms in total. The zero-order valence-electron chi connectivity index (χ0n) is 17.7. The van der Waals surface area contributed by atoms with Crippen LogP contribution in [0.25, 0.3) is 0 Å². The van der Waals surface area contributed by atoms with Crippen LogP contribution in [0.15, 0.2) is 72.0 Å². The number of nitrogens with zero attached hydrogens (tertiary/aromatic N) is 1. The molecule has 0 saturated carbocycles. The molecule has 1 heterocycles. The first-order valence-electron chi connectivity index (χ1n) is 9.14. The van der Waals surface area contributed by atoms with Crippen molar-refractivity contribution >= 4 is 11.4 Å². The Morgan fingerprint density at radius 1 is 0.862 bits per heavy atom. The molecule has 0 aromatic carbocycles. The zero-order chi connectivity index (χ0) is 19.5. The molecule has 0 saturated heterocycles. The van der Waals surface area contributed by atoms with Crippen LogP contribution in [0, 0.1) is 22.7 Å². The van der Waals surface area contributed by atoms with Crippen LogP contribution in [0.2, 0.25) is 0 Å². The molecule has 3 rings (SSSR count). The summed E-state index contributed by atoms with van der Waals surface area (Å²) >= 11 is 0. The first-order valence-corrected chi connectivity index (χ1v) is 9.14. The second-order valence-electron chi connectivity index (χ2n) is 6.55. The first-order chi connectivity index (χ1) is 12.4. The van der Waals surface area contributed by atoms with Crippen LogP contribution in [0.3, 0.4) is 0 Å². The molecule has 2 aliphatic carbocycles. The number of allylic oxidation sites excluding steroid dienone is 8. The molecule has 6 heteroatoms. The third-order valence-corrected chi connectivity index (χ3v) is 4.34. The van der Waals surface area contributed by atoms with Gasteiger partial charge in [-0.1, -0.05) is 63.3 Å². The van der Waals surface area contributed by atoms with Gasteiger partial charge < -0.3 is 35.6 Å². The van der Waals surface area contributed by atoms with Crippen molar-refractivity contribution in [3.8, 4) is 0 Å². The van der Waals surface area contributed by atoms with Gasteiger partial charge in [-0.05, 0) is 43.5 Å². The Labute approximate surface area is 199 Å². The summed E-state index contributed by atoms with van der Waals surface area (Å²) in [5.41, 5.74) is 4.83. The van der Waals surface area contributed by atoms with Gasteiger partial charge in [-0.15, -0.1) is 0 Å². The monoisotopic (exact) mass is 475 g/mol. The number of hydrogen-bond acceptors (Lipinski definition) is 3. The van der Waals surface area contributed by atoms with Gasteiger partial charge in [0.2, 0.25) is 0 Å². The minimum absolute atomic E-state index is 0. The van der Waals surface area contributed by atoms with E-state index in [1.807, 2.05) is 88.5 Å². The number of hydrogen-bond donors (Lipinski definition) is 2. The molecule has 0 fully saturated rings. The molecular formula is C23H31Cl2FeN3. The van der Waals surface area contributed by atoms with Gasteiger partial charge in [-0.3, -0.25) is 4.98 Å². The molecule has 2 atom stereocenters. The number of halogens is 2. The summed E-state index contributed by atoms with van der Waals surface area (Å²) in [5, 5.41) is 15.0. The maximum atomic E-state index is 7.48. The second kappa shape index (κ2) is 17.4. The van der Waals surface area contributed by atoms with E-state index in [2.05, 4.69) is 11.9 Å². The van der Waals surface area contributed by atoms with Crippen molar-refractivity contribution in [3.63, 3.8) is 0 Å². The van der Waals surface area contributed by atoms with E-state index >= 15 is 0 Å². The SMILES string of the molecule is CC1=CC=CC(C)C1=N.CC1=CC=CC(C)C1=N.CCc1ccccn1.[Cl-].[Cl-].[Fe+2]. The summed E-state index contributed by atoms with van der Waals surface area (Å²) < 4.78 is 0. The average molecular weight is 476 g/mol. The Hall–Kier alpha value is -1.45. The van der Waals surface area contributed by atoms with E-state index in [1.54, 1.807) is 0 Å². The Morgan fingerprint density at radius 2 is 1.31 bits per heavy atom. The van der Waals surface area contributed by atoms with Crippen molar-refractivity contribution in [2.24, 2.45) is 11.8 Å². The van der Waals surface area contributed by atoms with Crippen LogP contribution in [0.4, 0.5) is 0 Å². The Balaban J connectivity index is -0.000000333. The molecule has 0 amide bonds. The normalized spacial score (nSPS) is 18.8. The minimum Gasteiger partial charge on any atom is -1.00 e. The van der Waals surface area contributed by atoms with Crippen LogP contribution in [-0.2, 0) is 23.5 Å². The molecule has 2 aliphatic rings. The molecule has 0 aliphatic heterocycles. The fourth-order valence-corrected chi connectivity index (χ4v) is 2.43. The van der Waals surface area contributed by atoms with E-state index in [9.17, 15) is 0 Å². The Morgan fingerprint density at radius 3 is 1.55 bits per heavy atom. The molecule has 2 N–H and O–H groups in total. The topological polar surface area (TPSA) is 60.6 Å². The Bertz CT molecular complexity index is 694. The third-order valence-electron chi connectivity index (χ3n) is 4.34. The summed E-state index contributed by atoms with van der Waals surface area (Å²) in [6.07, 6.45) is 14.9. The molecule has 160 valence electrons. The summed E-state index contributed by atoms with van der Waals surface area (Å²) in [7, 11) is 0. The van der Waals surface area contributed by atoms with Gasteiger partial charge in [-0.25, -0.2) is 0 Å². The smallest absolute Gasteiger partial charge is 1.00 e. The van der Waals surface area contributed by atoms with E-state index in [0.29, 0.717) is 11.8 Å². The van der Waals surface area contributed by atoms with Crippen molar-refractivity contribution in [2.45, 2.75) is 41.0 Å². The maximum Gasteiger partial charge on any atom is 2.00 e. The van der Waals surface area contributed by atoms with E-state index in [0.717, 1.165) is 34.7 Å². The van der Waals surface area contributed by atoms with Crippen molar-refractivity contribution in [1.29, 1.82) is 10.8 Å². The second-order valence-corrected chi connectivity index (χ2v) is 6.55. The van der Waals surface area contributed by atoms with Gasteiger partial charge >= 0.3 is 17.1 Å². The van der Waals surface area contributed by atoms with Crippen molar-refractivity contribution in [1.82, 2.24) is 4.98 Å². The van der Waals surface area contributed by atoms with Crippen molar-refractivity contribution in [3.05, 3.63) is 77.7 Å². The Kier molecular flexibility index (Phi) is 19.3. The van der Waals surface area contributed by atoms with Gasteiger partial charge in [0.15, 0.2) is 0 Å². The minimum atomic E-state index is 0. The number of aromatic nitrogens is 1. The van der Waals surface area contributed by atoms with Gasteiger partial charge in [0, 0.05) is 35.1 Å². The summed E-state index contributed by atoms with van der Waals surface area (Å²) in [6, 6.07) is 5.96. The molecule has 0 radical (unpaired) electrons. The van der Waals surface area contributed by atoms with Crippen LogP contribution in [-0.4, -0.2) is 16.4 Å². The molecule has 29 heavy (non-hydrogen) atoms. The van der Waals surface area contributed by atoms with Crippen molar-refractivity contribution in [2.75, 3.05) is 0 Å². The molecule has 2 unspecified atom stereocenters. The first kappa shape index (κ1) is 32.2. The molecular weight excluding hydrogens is 445 g/mol. The number of nitrogens with one attached hydrogen (secondary N) is 2. The van der Waals surface area contributed by atoms with Gasteiger partial charge in [0.25, 0.3) is 0 Å². The quantitative estimate of drug-likeness (QED) is 0.550. The summed E-state index contributed by atoms with van der Waals surface area (Å²) in [5.74, 6) is 0.630. The van der Waals surface area contributed by atoms with Crippen LogP contribution >= 0.6 is 0 Å². The fourth-order valence-electron chi connectivity index (χ4n) is 2.43. The largest absolute Gasteiger partial charge is 2.00 e. The van der Waals surface area contributed by atoms with Crippen molar-refractivity contribution < 1.29 is 41.9 Å². The van der Waals surface area contributed by atoms with E-state index < -0.39 is 0 Å². The fraction of sp³-hybridized carbons (Fsp3) is 0.348. The summed E-state index contributed by atoms with van der Waals surface area (Å²) in [4.78, 5) is 4.10. The maximum absolute atomic E-state index is 7.48.